The first-order valence-electron chi connectivity index (χ1n) is 9.03. The standard InChI is InChI=1S/C21H23N3O/c1-13-5-6-18-16(8-13)17-12-23(2)11-15-9-19(24(18)20(15)17)21(25)14-4-3-7-22-10-14/h3-8,10,15,19,21,25H,9,11-12H2,1-2H3. The van der Waals surface area contributed by atoms with Gasteiger partial charge in [-0.3, -0.25) is 4.98 Å². The Labute approximate surface area is 147 Å². The summed E-state index contributed by atoms with van der Waals surface area (Å²) in [7, 11) is 2.20. The molecule has 3 unspecified atom stereocenters. The van der Waals surface area contributed by atoms with Crippen molar-refractivity contribution < 1.29 is 5.11 Å². The van der Waals surface area contributed by atoms with Crippen molar-refractivity contribution in [2.45, 2.75) is 38.0 Å². The highest BCUT2D eigenvalue weighted by Gasteiger charge is 2.41. The highest BCUT2D eigenvalue weighted by atomic mass is 16.3. The first-order valence-corrected chi connectivity index (χ1v) is 9.03. The average Bonchev–Trinajstić information content (AvgIpc) is 3.14. The summed E-state index contributed by atoms with van der Waals surface area (Å²) < 4.78 is 2.43. The summed E-state index contributed by atoms with van der Waals surface area (Å²) in [5, 5.41) is 12.5. The van der Waals surface area contributed by atoms with Gasteiger partial charge in [0.1, 0.15) is 6.10 Å². The number of benzene rings is 1. The largest absolute Gasteiger partial charge is 0.386 e. The summed E-state index contributed by atoms with van der Waals surface area (Å²) in [4.78, 5) is 6.61. The topological polar surface area (TPSA) is 41.3 Å². The SMILES string of the molecule is Cc1ccc2c(c1)c1c3n2C(C(O)c2cccnc2)CC3CN(C)C1. The lowest BCUT2D eigenvalue weighted by Crippen LogP contribution is -2.28. The quantitative estimate of drug-likeness (QED) is 0.780. The number of aryl methyl sites for hydroxylation is 1. The molecule has 0 fully saturated rings. The first kappa shape index (κ1) is 15.1. The van der Waals surface area contributed by atoms with Gasteiger partial charge in [0.05, 0.1) is 6.04 Å². The van der Waals surface area contributed by atoms with E-state index in [-0.39, 0.29) is 6.04 Å². The van der Waals surface area contributed by atoms with Gasteiger partial charge in [-0.2, -0.15) is 0 Å². The van der Waals surface area contributed by atoms with Crippen LogP contribution >= 0.6 is 0 Å². The number of aliphatic hydroxyl groups is 1. The second kappa shape index (κ2) is 5.41. The number of pyridine rings is 1. The van der Waals surface area contributed by atoms with E-state index in [9.17, 15) is 5.11 Å². The Morgan fingerprint density at radius 1 is 1.28 bits per heavy atom. The van der Waals surface area contributed by atoms with Crippen molar-refractivity contribution in [3.63, 3.8) is 0 Å². The van der Waals surface area contributed by atoms with Gasteiger partial charge in [-0.15, -0.1) is 0 Å². The molecule has 4 heteroatoms. The minimum atomic E-state index is -0.523. The third-order valence-electron chi connectivity index (χ3n) is 5.90. The second-order valence-corrected chi connectivity index (χ2v) is 7.68. The number of hydrogen-bond acceptors (Lipinski definition) is 3. The molecule has 25 heavy (non-hydrogen) atoms. The van der Waals surface area contributed by atoms with Gasteiger partial charge in [-0.25, -0.2) is 0 Å². The molecular weight excluding hydrogens is 310 g/mol. The van der Waals surface area contributed by atoms with E-state index in [1.54, 1.807) is 12.4 Å². The average molecular weight is 333 g/mol. The molecule has 0 saturated carbocycles. The number of aromatic nitrogens is 2. The molecule has 0 amide bonds. The van der Waals surface area contributed by atoms with Crippen molar-refractivity contribution >= 4 is 10.9 Å². The van der Waals surface area contributed by atoms with Crippen LogP contribution in [0.2, 0.25) is 0 Å². The van der Waals surface area contributed by atoms with Gasteiger partial charge in [0, 0.05) is 53.6 Å². The van der Waals surface area contributed by atoms with Crippen LogP contribution in [0.1, 0.15) is 46.9 Å². The molecule has 128 valence electrons. The molecule has 4 nitrogen and oxygen atoms in total. The van der Waals surface area contributed by atoms with Crippen LogP contribution in [0.25, 0.3) is 10.9 Å². The van der Waals surface area contributed by atoms with Gasteiger partial charge >= 0.3 is 0 Å². The van der Waals surface area contributed by atoms with Crippen molar-refractivity contribution in [1.29, 1.82) is 0 Å². The predicted molar refractivity (Wildman–Crippen MR) is 98.6 cm³/mol. The number of rotatable bonds is 2. The summed E-state index contributed by atoms with van der Waals surface area (Å²) in [5.74, 6) is 0.498. The molecule has 2 aliphatic rings. The highest BCUT2D eigenvalue weighted by Crippen LogP contribution is 2.50. The van der Waals surface area contributed by atoms with Gasteiger partial charge in [0.2, 0.25) is 0 Å². The maximum Gasteiger partial charge on any atom is 0.101 e. The van der Waals surface area contributed by atoms with Crippen LogP contribution in [0.5, 0.6) is 0 Å². The summed E-state index contributed by atoms with van der Waals surface area (Å²) >= 11 is 0. The minimum Gasteiger partial charge on any atom is -0.386 e. The first-order chi connectivity index (χ1) is 12.1. The maximum absolute atomic E-state index is 11.1. The molecule has 2 aromatic heterocycles. The van der Waals surface area contributed by atoms with Crippen molar-refractivity contribution in [3.05, 3.63) is 65.1 Å². The van der Waals surface area contributed by atoms with E-state index in [2.05, 4.69) is 46.6 Å². The minimum absolute atomic E-state index is 0.0784. The van der Waals surface area contributed by atoms with E-state index in [1.807, 2.05) is 12.1 Å². The molecule has 0 radical (unpaired) electrons. The molecule has 0 bridgehead atoms. The molecule has 0 aliphatic carbocycles. The fourth-order valence-corrected chi connectivity index (χ4v) is 4.90. The number of aliphatic hydroxyl groups excluding tert-OH is 1. The second-order valence-electron chi connectivity index (χ2n) is 7.68. The maximum atomic E-state index is 11.1. The van der Waals surface area contributed by atoms with Crippen molar-refractivity contribution in [3.8, 4) is 0 Å². The van der Waals surface area contributed by atoms with Gasteiger partial charge in [-0.1, -0.05) is 17.7 Å². The van der Waals surface area contributed by atoms with Crippen LogP contribution in [0, 0.1) is 6.92 Å². The lowest BCUT2D eigenvalue weighted by Gasteiger charge is -2.27. The van der Waals surface area contributed by atoms with Gasteiger partial charge in [0.25, 0.3) is 0 Å². The van der Waals surface area contributed by atoms with E-state index >= 15 is 0 Å². The summed E-state index contributed by atoms with van der Waals surface area (Å²) in [5.41, 5.74) is 6.37. The Kier molecular flexibility index (Phi) is 3.27. The van der Waals surface area contributed by atoms with Crippen LogP contribution in [0.15, 0.2) is 42.7 Å². The van der Waals surface area contributed by atoms with E-state index in [4.69, 9.17) is 0 Å². The molecule has 1 aromatic carbocycles. The normalized spacial score (nSPS) is 23.8. The van der Waals surface area contributed by atoms with E-state index < -0.39 is 6.10 Å². The summed E-state index contributed by atoms with van der Waals surface area (Å²) in [6.45, 7) is 4.22. The van der Waals surface area contributed by atoms with Crippen LogP contribution in [0.3, 0.4) is 0 Å². The Hall–Kier alpha value is -2.17. The number of fused-ring (bicyclic) bond motifs is 3. The van der Waals surface area contributed by atoms with Gasteiger partial charge in [0.15, 0.2) is 0 Å². The summed E-state index contributed by atoms with van der Waals surface area (Å²) in [6.07, 6.45) is 4.02. The molecule has 0 saturated heterocycles. The smallest absolute Gasteiger partial charge is 0.101 e. The fourth-order valence-electron chi connectivity index (χ4n) is 4.90. The monoisotopic (exact) mass is 333 g/mol. The van der Waals surface area contributed by atoms with Gasteiger partial charge < -0.3 is 14.6 Å². The number of hydrogen-bond donors (Lipinski definition) is 1. The zero-order valence-electron chi connectivity index (χ0n) is 14.7. The fraction of sp³-hybridized carbons (Fsp3) is 0.381. The number of likely N-dealkylation sites (N-methyl/N-ethyl adjacent to an activating group) is 1. The van der Waals surface area contributed by atoms with Crippen LogP contribution in [-0.2, 0) is 6.54 Å². The molecule has 1 N–H and O–H groups in total. The lowest BCUT2D eigenvalue weighted by molar-refractivity contribution is 0.115. The lowest BCUT2D eigenvalue weighted by atomic mass is 9.90. The molecule has 5 rings (SSSR count). The predicted octanol–water partition coefficient (Wildman–Crippen LogP) is 3.55. The van der Waals surface area contributed by atoms with E-state index in [0.29, 0.717) is 5.92 Å². The summed E-state index contributed by atoms with van der Waals surface area (Å²) in [6, 6.07) is 10.7. The number of nitrogens with zero attached hydrogens (tertiary/aromatic N) is 3. The molecule has 2 aliphatic heterocycles. The molecule has 3 aromatic rings. The van der Waals surface area contributed by atoms with Crippen LogP contribution in [0.4, 0.5) is 0 Å². The Balaban J connectivity index is 1.71. The Bertz CT molecular complexity index is 947. The molecule has 0 spiro atoms. The molecule has 3 atom stereocenters. The highest BCUT2D eigenvalue weighted by molar-refractivity contribution is 5.87. The van der Waals surface area contributed by atoms with Crippen LogP contribution in [-0.4, -0.2) is 33.1 Å². The molecule has 4 heterocycles. The third kappa shape index (κ3) is 2.17. The van der Waals surface area contributed by atoms with Crippen molar-refractivity contribution in [2.24, 2.45) is 0 Å². The Morgan fingerprint density at radius 2 is 2.16 bits per heavy atom. The van der Waals surface area contributed by atoms with Crippen molar-refractivity contribution in [2.75, 3.05) is 13.6 Å². The van der Waals surface area contributed by atoms with Crippen LogP contribution < -0.4 is 0 Å². The van der Waals surface area contributed by atoms with Crippen molar-refractivity contribution in [1.82, 2.24) is 14.5 Å². The molecular formula is C21H23N3O. The van der Waals surface area contributed by atoms with E-state index in [0.717, 1.165) is 25.1 Å². The van der Waals surface area contributed by atoms with E-state index in [1.165, 1.54) is 27.7 Å². The third-order valence-corrected chi connectivity index (χ3v) is 5.90. The van der Waals surface area contributed by atoms with Gasteiger partial charge in [-0.05, 0) is 44.2 Å². The Morgan fingerprint density at radius 3 is 2.96 bits per heavy atom. The zero-order valence-corrected chi connectivity index (χ0v) is 14.7. The zero-order chi connectivity index (χ0) is 17.1.